The van der Waals surface area contributed by atoms with Crippen LogP contribution in [0.3, 0.4) is 0 Å². The Morgan fingerprint density at radius 3 is 2.54 bits per heavy atom. The molecule has 1 saturated carbocycles. The predicted octanol–water partition coefficient (Wildman–Crippen LogP) is 2.90. The number of anilines is 1. The second kappa shape index (κ2) is 6.91. The van der Waals surface area contributed by atoms with Crippen molar-refractivity contribution < 1.29 is 18.7 Å². The average Bonchev–Trinajstić information content (AvgIpc) is 3.30. The average molecular weight is 383 g/mol. The van der Waals surface area contributed by atoms with Gasteiger partial charge in [-0.2, -0.15) is 0 Å². The van der Waals surface area contributed by atoms with Gasteiger partial charge in [0.25, 0.3) is 0 Å². The smallest absolute Gasteiger partial charge is 0.414 e. The highest BCUT2D eigenvalue weighted by Gasteiger charge is 2.42. The second-order valence-electron chi connectivity index (χ2n) is 7.45. The molecule has 3 N–H and O–H groups in total. The number of hydrogen-bond acceptors (Lipinski definition) is 4. The number of nitrogens with zero attached hydrogens (tertiary/aromatic N) is 1. The second-order valence-corrected chi connectivity index (χ2v) is 7.45. The Bertz CT molecular complexity index is 925. The predicted molar refractivity (Wildman–Crippen MR) is 103 cm³/mol. The number of ether oxygens (including phenoxy) is 1. The van der Waals surface area contributed by atoms with E-state index in [1.165, 1.54) is 17.9 Å². The molecular weight excluding hydrogens is 361 g/mol. The van der Waals surface area contributed by atoms with Gasteiger partial charge in [0.1, 0.15) is 11.9 Å². The van der Waals surface area contributed by atoms with E-state index >= 15 is 0 Å². The highest BCUT2D eigenvalue weighted by atomic mass is 19.1. The van der Waals surface area contributed by atoms with E-state index in [9.17, 15) is 14.0 Å². The molecule has 146 valence electrons. The van der Waals surface area contributed by atoms with Crippen molar-refractivity contribution in [2.75, 3.05) is 18.0 Å². The van der Waals surface area contributed by atoms with Crippen LogP contribution in [0.25, 0.3) is 11.1 Å². The summed E-state index contributed by atoms with van der Waals surface area (Å²) in [5, 5.41) is 2.65. The van der Waals surface area contributed by atoms with Gasteiger partial charge < -0.3 is 15.8 Å². The molecule has 6 nitrogen and oxygen atoms in total. The van der Waals surface area contributed by atoms with Crippen LogP contribution in [0.4, 0.5) is 14.9 Å². The molecule has 7 heteroatoms. The Hall–Kier alpha value is -2.93. The fourth-order valence-corrected chi connectivity index (χ4v) is 3.43. The standard InChI is InChI=1S/C21H22FN3O3/c1-13(26)24-11-17-12-25(20(27)28-17)16-5-2-14(3-6-16)15-4-7-18(19(22)10-15)21(23)8-9-21/h2-7,10,17H,8-9,11-12,23H2,1H3,(H,24,26). The summed E-state index contributed by atoms with van der Waals surface area (Å²) in [5.74, 6) is -0.454. The monoisotopic (exact) mass is 383 g/mol. The molecule has 1 saturated heterocycles. The van der Waals surface area contributed by atoms with Gasteiger partial charge in [-0.05, 0) is 42.2 Å². The number of carbonyl (C=O) groups excluding carboxylic acids is 2. The lowest BCUT2D eigenvalue weighted by Gasteiger charge is -2.15. The van der Waals surface area contributed by atoms with Crippen LogP contribution in [0.5, 0.6) is 0 Å². The first-order valence-electron chi connectivity index (χ1n) is 9.28. The summed E-state index contributed by atoms with van der Waals surface area (Å²) in [6.45, 7) is 2.06. The number of halogens is 1. The summed E-state index contributed by atoms with van der Waals surface area (Å²) < 4.78 is 19.7. The van der Waals surface area contributed by atoms with E-state index in [1.807, 2.05) is 18.2 Å². The molecule has 0 spiro atoms. The van der Waals surface area contributed by atoms with E-state index in [1.54, 1.807) is 18.2 Å². The van der Waals surface area contributed by atoms with Crippen LogP contribution in [-0.2, 0) is 15.1 Å². The number of carbonyl (C=O) groups is 2. The molecule has 1 aliphatic heterocycles. The van der Waals surface area contributed by atoms with Crippen LogP contribution in [0.15, 0.2) is 42.5 Å². The van der Waals surface area contributed by atoms with Crippen molar-refractivity contribution in [2.45, 2.75) is 31.4 Å². The fourth-order valence-electron chi connectivity index (χ4n) is 3.43. The quantitative estimate of drug-likeness (QED) is 0.831. The minimum absolute atomic E-state index is 0.167. The Morgan fingerprint density at radius 1 is 1.25 bits per heavy atom. The molecule has 0 aromatic heterocycles. The summed E-state index contributed by atoms with van der Waals surface area (Å²) in [4.78, 5) is 24.6. The lowest BCUT2D eigenvalue weighted by molar-refractivity contribution is -0.119. The zero-order chi connectivity index (χ0) is 19.9. The van der Waals surface area contributed by atoms with Gasteiger partial charge in [-0.3, -0.25) is 9.69 Å². The lowest BCUT2D eigenvalue weighted by atomic mass is 9.99. The third-order valence-electron chi connectivity index (χ3n) is 5.26. The topological polar surface area (TPSA) is 84.7 Å². The van der Waals surface area contributed by atoms with Gasteiger partial charge in [-0.15, -0.1) is 0 Å². The van der Waals surface area contributed by atoms with Gasteiger partial charge >= 0.3 is 6.09 Å². The maximum atomic E-state index is 14.4. The van der Waals surface area contributed by atoms with Gasteiger partial charge in [-0.25, -0.2) is 9.18 Å². The first-order valence-corrected chi connectivity index (χ1v) is 9.28. The minimum atomic E-state index is -0.504. The van der Waals surface area contributed by atoms with E-state index in [4.69, 9.17) is 10.5 Å². The molecule has 4 rings (SSSR count). The Kier molecular flexibility index (Phi) is 4.55. The minimum Gasteiger partial charge on any atom is -0.442 e. The van der Waals surface area contributed by atoms with Gasteiger partial charge in [0, 0.05) is 23.7 Å². The first kappa shape index (κ1) is 18.4. The molecule has 2 aliphatic rings. The van der Waals surface area contributed by atoms with Gasteiger partial charge in [-0.1, -0.05) is 24.3 Å². The Morgan fingerprint density at radius 2 is 1.93 bits per heavy atom. The molecule has 1 atom stereocenters. The number of nitrogens with two attached hydrogens (primary N) is 1. The van der Waals surface area contributed by atoms with Crippen molar-refractivity contribution in [3.63, 3.8) is 0 Å². The third-order valence-corrected chi connectivity index (χ3v) is 5.26. The van der Waals surface area contributed by atoms with Crippen molar-refractivity contribution in [1.29, 1.82) is 0 Å². The summed E-state index contributed by atoms with van der Waals surface area (Å²) in [7, 11) is 0. The fraction of sp³-hybridized carbons (Fsp3) is 0.333. The number of benzene rings is 2. The maximum Gasteiger partial charge on any atom is 0.414 e. The summed E-state index contributed by atoms with van der Waals surface area (Å²) in [6.07, 6.45) is 0.791. The Labute approximate surface area is 162 Å². The highest BCUT2D eigenvalue weighted by Crippen LogP contribution is 2.44. The number of amides is 2. The van der Waals surface area contributed by atoms with Gasteiger partial charge in [0.15, 0.2) is 0 Å². The van der Waals surface area contributed by atoms with Crippen LogP contribution in [-0.4, -0.2) is 31.2 Å². The van der Waals surface area contributed by atoms with E-state index in [-0.39, 0.29) is 24.4 Å². The zero-order valence-electron chi connectivity index (χ0n) is 15.6. The van der Waals surface area contributed by atoms with Gasteiger partial charge in [0.05, 0.1) is 13.1 Å². The maximum absolute atomic E-state index is 14.4. The van der Waals surface area contributed by atoms with E-state index in [0.29, 0.717) is 17.8 Å². The van der Waals surface area contributed by atoms with Crippen molar-refractivity contribution in [3.05, 3.63) is 53.8 Å². The van der Waals surface area contributed by atoms with Crippen molar-refractivity contribution in [2.24, 2.45) is 5.73 Å². The van der Waals surface area contributed by atoms with Crippen LogP contribution in [0.2, 0.25) is 0 Å². The number of nitrogens with one attached hydrogen (secondary N) is 1. The third kappa shape index (κ3) is 3.57. The Balaban J connectivity index is 1.48. The molecule has 2 amide bonds. The molecule has 1 unspecified atom stereocenters. The van der Waals surface area contributed by atoms with Crippen LogP contribution >= 0.6 is 0 Å². The van der Waals surface area contributed by atoms with Crippen LogP contribution in [0.1, 0.15) is 25.3 Å². The van der Waals surface area contributed by atoms with Gasteiger partial charge in [0.2, 0.25) is 5.91 Å². The normalized spacial score (nSPS) is 20.0. The van der Waals surface area contributed by atoms with Crippen LogP contribution in [0, 0.1) is 5.82 Å². The SMILES string of the molecule is CC(=O)NCC1CN(c2ccc(-c3ccc(C4(N)CC4)c(F)c3)cc2)C(=O)O1. The molecule has 1 aliphatic carbocycles. The molecule has 0 radical (unpaired) electrons. The number of cyclic esters (lactones) is 1. The van der Waals surface area contributed by atoms with E-state index in [2.05, 4.69) is 5.32 Å². The number of hydrogen-bond donors (Lipinski definition) is 2. The zero-order valence-corrected chi connectivity index (χ0v) is 15.6. The molecular formula is C21H22FN3O3. The highest BCUT2D eigenvalue weighted by molar-refractivity contribution is 5.90. The molecule has 2 aromatic carbocycles. The van der Waals surface area contributed by atoms with Crippen LogP contribution < -0.4 is 16.0 Å². The molecule has 1 heterocycles. The molecule has 28 heavy (non-hydrogen) atoms. The molecule has 2 aromatic rings. The van der Waals surface area contributed by atoms with Crippen molar-refractivity contribution in [1.82, 2.24) is 5.32 Å². The summed E-state index contributed by atoms with van der Waals surface area (Å²) in [5.41, 5.74) is 8.45. The van der Waals surface area contributed by atoms with E-state index in [0.717, 1.165) is 24.0 Å². The lowest BCUT2D eigenvalue weighted by Crippen LogP contribution is -2.33. The van der Waals surface area contributed by atoms with E-state index < -0.39 is 11.6 Å². The molecule has 2 fully saturated rings. The summed E-state index contributed by atoms with van der Waals surface area (Å²) >= 11 is 0. The largest absolute Gasteiger partial charge is 0.442 e. The number of rotatable bonds is 5. The first-order chi connectivity index (χ1) is 13.4. The molecule has 0 bridgehead atoms. The van der Waals surface area contributed by atoms with Crippen molar-refractivity contribution in [3.8, 4) is 11.1 Å². The summed E-state index contributed by atoms with van der Waals surface area (Å²) in [6, 6.07) is 12.4. The van der Waals surface area contributed by atoms with Crippen molar-refractivity contribution >= 4 is 17.7 Å².